The van der Waals surface area contributed by atoms with Crippen LogP contribution in [-0.2, 0) is 0 Å². The molecule has 1 heteroatoms. The molecule has 1 aliphatic heterocycles. The standard InChI is InChI=1S/C22H36Si/c1-2-3-7-16-23-17-14-22(15-18-23)21-12-10-20(11-13-21)19-8-5-4-6-9-19/h4-6,8-9,20-23H,2-3,7,10-18H2,1H3. The van der Waals surface area contributed by atoms with Crippen LogP contribution in [0.15, 0.2) is 30.3 Å². The predicted octanol–water partition coefficient (Wildman–Crippen LogP) is 6.79. The number of rotatable bonds is 6. The lowest BCUT2D eigenvalue weighted by molar-refractivity contribution is 0.216. The maximum Gasteiger partial charge on any atom is 0.0368 e. The van der Waals surface area contributed by atoms with E-state index in [-0.39, 0.29) is 8.80 Å². The highest BCUT2D eigenvalue weighted by Gasteiger charge is 2.31. The molecule has 3 rings (SSSR count). The van der Waals surface area contributed by atoms with Gasteiger partial charge in [0, 0.05) is 8.80 Å². The first-order chi connectivity index (χ1) is 11.4. The summed E-state index contributed by atoms with van der Waals surface area (Å²) >= 11 is 0. The van der Waals surface area contributed by atoms with Crippen molar-refractivity contribution in [2.75, 3.05) is 0 Å². The van der Waals surface area contributed by atoms with Gasteiger partial charge in [-0.1, -0.05) is 87.5 Å². The molecule has 0 N–H and O–H groups in total. The van der Waals surface area contributed by atoms with Crippen LogP contribution in [0.2, 0.25) is 18.1 Å². The molecular weight excluding hydrogens is 292 g/mol. The van der Waals surface area contributed by atoms with Gasteiger partial charge in [0.05, 0.1) is 0 Å². The van der Waals surface area contributed by atoms with Crippen molar-refractivity contribution in [1.82, 2.24) is 0 Å². The minimum absolute atomic E-state index is 0.312. The molecule has 0 amide bonds. The van der Waals surface area contributed by atoms with Crippen molar-refractivity contribution >= 4 is 8.80 Å². The highest BCUT2D eigenvalue weighted by Crippen LogP contribution is 2.43. The predicted molar refractivity (Wildman–Crippen MR) is 105 cm³/mol. The summed E-state index contributed by atoms with van der Waals surface area (Å²) in [7, 11) is -0.312. The summed E-state index contributed by atoms with van der Waals surface area (Å²) in [5, 5.41) is 0. The van der Waals surface area contributed by atoms with Crippen LogP contribution in [0.4, 0.5) is 0 Å². The fourth-order valence-corrected chi connectivity index (χ4v) is 8.81. The zero-order valence-corrected chi connectivity index (χ0v) is 16.3. The Morgan fingerprint density at radius 1 is 0.826 bits per heavy atom. The van der Waals surface area contributed by atoms with Crippen LogP contribution in [0.5, 0.6) is 0 Å². The first-order valence-electron chi connectivity index (χ1n) is 10.4. The highest BCUT2D eigenvalue weighted by molar-refractivity contribution is 6.58. The molecule has 1 saturated heterocycles. The lowest BCUT2D eigenvalue weighted by Gasteiger charge is -2.37. The molecule has 1 aliphatic carbocycles. The van der Waals surface area contributed by atoms with E-state index < -0.39 is 0 Å². The van der Waals surface area contributed by atoms with Crippen molar-refractivity contribution < 1.29 is 0 Å². The smallest absolute Gasteiger partial charge is 0.0368 e. The van der Waals surface area contributed by atoms with Gasteiger partial charge in [-0.25, -0.2) is 0 Å². The molecule has 1 heterocycles. The van der Waals surface area contributed by atoms with E-state index in [4.69, 9.17) is 0 Å². The van der Waals surface area contributed by atoms with E-state index in [9.17, 15) is 0 Å². The third-order valence-corrected chi connectivity index (χ3v) is 10.3. The molecule has 1 aromatic carbocycles. The minimum Gasteiger partial charge on any atom is -0.0654 e. The van der Waals surface area contributed by atoms with Crippen molar-refractivity contribution in [3.8, 4) is 0 Å². The molecular formula is C22H36Si. The van der Waals surface area contributed by atoms with Gasteiger partial charge >= 0.3 is 0 Å². The Morgan fingerprint density at radius 2 is 1.48 bits per heavy atom. The van der Waals surface area contributed by atoms with Crippen molar-refractivity contribution in [2.24, 2.45) is 11.8 Å². The molecule has 0 aromatic heterocycles. The Labute approximate surface area is 145 Å². The minimum atomic E-state index is -0.312. The van der Waals surface area contributed by atoms with Gasteiger partial charge in [-0.15, -0.1) is 0 Å². The lowest BCUT2D eigenvalue weighted by Crippen LogP contribution is -2.28. The Morgan fingerprint density at radius 3 is 2.13 bits per heavy atom. The topological polar surface area (TPSA) is 0 Å². The SMILES string of the molecule is CCCCC[SiH]1CCC(C2CCC(c3ccccc3)CC2)CC1. The lowest BCUT2D eigenvalue weighted by atomic mass is 9.72. The Balaban J connectivity index is 1.39. The van der Waals surface area contributed by atoms with Gasteiger partial charge in [0.1, 0.15) is 0 Å². The summed E-state index contributed by atoms with van der Waals surface area (Å²) in [6, 6.07) is 16.3. The molecule has 0 nitrogen and oxygen atoms in total. The summed E-state index contributed by atoms with van der Waals surface area (Å²) in [6.07, 6.45) is 13.5. The molecule has 0 atom stereocenters. The summed E-state index contributed by atoms with van der Waals surface area (Å²) in [5.74, 6) is 3.02. The van der Waals surface area contributed by atoms with Crippen LogP contribution < -0.4 is 0 Å². The average molecular weight is 329 g/mol. The quantitative estimate of drug-likeness (QED) is 0.398. The van der Waals surface area contributed by atoms with Crippen LogP contribution in [0, 0.1) is 11.8 Å². The Hall–Kier alpha value is -0.563. The fourth-order valence-electron chi connectivity index (χ4n) is 5.28. The molecule has 0 radical (unpaired) electrons. The zero-order chi connectivity index (χ0) is 15.9. The normalized spacial score (nSPS) is 31.9. The summed E-state index contributed by atoms with van der Waals surface area (Å²) in [5.41, 5.74) is 1.60. The van der Waals surface area contributed by atoms with Crippen LogP contribution in [0.3, 0.4) is 0 Å². The molecule has 0 spiro atoms. The molecule has 1 aromatic rings. The first-order valence-corrected chi connectivity index (χ1v) is 12.9. The van der Waals surface area contributed by atoms with Crippen molar-refractivity contribution in [1.29, 1.82) is 0 Å². The average Bonchev–Trinajstić information content (AvgIpc) is 2.63. The van der Waals surface area contributed by atoms with Gasteiger partial charge in [0.25, 0.3) is 0 Å². The summed E-state index contributed by atoms with van der Waals surface area (Å²) < 4.78 is 0. The van der Waals surface area contributed by atoms with E-state index in [1.165, 1.54) is 38.5 Å². The van der Waals surface area contributed by atoms with Crippen LogP contribution >= 0.6 is 0 Å². The number of hydrogen-bond acceptors (Lipinski definition) is 0. The molecule has 2 fully saturated rings. The second-order valence-corrected chi connectivity index (χ2v) is 11.8. The molecule has 0 unspecified atom stereocenters. The Bertz CT molecular complexity index is 425. The van der Waals surface area contributed by atoms with E-state index in [0.717, 1.165) is 17.8 Å². The van der Waals surface area contributed by atoms with Crippen LogP contribution in [0.1, 0.15) is 76.2 Å². The zero-order valence-electron chi connectivity index (χ0n) is 15.2. The maximum absolute atomic E-state index is 2.35. The number of hydrogen-bond donors (Lipinski definition) is 0. The maximum atomic E-state index is 2.35. The van der Waals surface area contributed by atoms with Crippen molar-refractivity contribution in [2.45, 2.75) is 88.8 Å². The van der Waals surface area contributed by atoms with Gasteiger partial charge in [0.2, 0.25) is 0 Å². The van der Waals surface area contributed by atoms with E-state index in [0.29, 0.717) is 0 Å². The van der Waals surface area contributed by atoms with Crippen LogP contribution in [-0.4, -0.2) is 8.80 Å². The van der Waals surface area contributed by atoms with E-state index in [1.807, 2.05) is 0 Å². The Kier molecular flexibility index (Phi) is 6.80. The van der Waals surface area contributed by atoms with E-state index in [2.05, 4.69) is 37.3 Å². The fraction of sp³-hybridized carbons (Fsp3) is 0.727. The highest BCUT2D eigenvalue weighted by atomic mass is 28.3. The van der Waals surface area contributed by atoms with Gasteiger partial charge in [-0.3, -0.25) is 0 Å². The van der Waals surface area contributed by atoms with Gasteiger partial charge in [-0.05, 0) is 49.0 Å². The monoisotopic (exact) mass is 328 g/mol. The third kappa shape index (κ3) is 4.95. The van der Waals surface area contributed by atoms with E-state index >= 15 is 0 Å². The molecule has 0 bridgehead atoms. The van der Waals surface area contributed by atoms with Gasteiger partial charge in [0.15, 0.2) is 0 Å². The molecule has 128 valence electrons. The number of benzene rings is 1. The second-order valence-electron chi connectivity index (χ2n) is 8.30. The molecule has 23 heavy (non-hydrogen) atoms. The third-order valence-electron chi connectivity index (χ3n) is 6.82. The van der Waals surface area contributed by atoms with Crippen molar-refractivity contribution in [3.63, 3.8) is 0 Å². The van der Waals surface area contributed by atoms with Crippen LogP contribution in [0.25, 0.3) is 0 Å². The molecule has 1 saturated carbocycles. The summed E-state index contributed by atoms with van der Waals surface area (Å²) in [4.78, 5) is 0. The number of unbranched alkanes of at least 4 members (excludes halogenated alkanes) is 2. The summed E-state index contributed by atoms with van der Waals surface area (Å²) in [6.45, 7) is 2.34. The van der Waals surface area contributed by atoms with Crippen molar-refractivity contribution in [3.05, 3.63) is 35.9 Å². The molecule has 2 aliphatic rings. The van der Waals surface area contributed by atoms with Gasteiger partial charge < -0.3 is 0 Å². The largest absolute Gasteiger partial charge is 0.0654 e. The van der Waals surface area contributed by atoms with E-state index in [1.54, 1.807) is 43.0 Å². The first kappa shape index (κ1) is 17.3. The van der Waals surface area contributed by atoms with Gasteiger partial charge in [-0.2, -0.15) is 0 Å². The second kappa shape index (κ2) is 9.06.